The first-order valence-electron chi connectivity index (χ1n) is 11.4. The summed E-state index contributed by atoms with van der Waals surface area (Å²) in [4.78, 5) is 11.6. The molecule has 0 saturated carbocycles. The zero-order valence-corrected chi connectivity index (χ0v) is 18.3. The van der Waals surface area contributed by atoms with Gasteiger partial charge in [-0.3, -0.25) is 5.10 Å². The van der Waals surface area contributed by atoms with Crippen LogP contribution < -0.4 is 0 Å². The number of nitrogens with zero attached hydrogens (tertiary/aromatic N) is 2. The van der Waals surface area contributed by atoms with Crippen molar-refractivity contribution in [3.63, 3.8) is 0 Å². The molecular weight excluding hydrogens is 444 g/mol. The summed E-state index contributed by atoms with van der Waals surface area (Å²) >= 11 is 0. The number of halogens is 2. The van der Waals surface area contributed by atoms with E-state index in [4.69, 9.17) is 9.47 Å². The molecular formula is C25H23F2N3O4. The monoisotopic (exact) mass is 467 g/mol. The molecule has 2 aliphatic rings. The van der Waals surface area contributed by atoms with Gasteiger partial charge in [0.15, 0.2) is 17.7 Å². The smallest absolute Gasteiger partial charge is 0.332 e. The minimum atomic E-state index is -0.976. The summed E-state index contributed by atoms with van der Waals surface area (Å²) in [6.45, 7) is 1.49. The van der Waals surface area contributed by atoms with Crippen molar-refractivity contribution in [1.82, 2.24) is 14.8 Å². The molecule has 0 unspecified atom stereocenters. The van der Waals surface area contributed by atoms with Crippen LogP contribution >= 0.6 is 0 Å². The quantitative estimate of drug-likeness (QED) is 0.457. The summed E-state index contributed by atoms with van der Waals surface area (Å²) in [5.41, 5.74) is 4.21. The number of aromatic amines is 1. The number of hydrogen-bond donors (Lipinski definition) is 2. The van der Waals surface area contributed by atoms with Crippen LogP contribution in [0.1, 0.15) is 42.4 Å². The van der Waals surface area contributed by atoms with Gasteiger partial charge in [-0.15, -0.1) is 0 Å². The molecule has 2 N–H and O–H groups in total. The van der Waals surface area contributed by atoms with E-state index in [0.29, 0.717) is 25.3 Å². The molecule has 2 aliphatic heterocycles. The van der Waals surface area contributed by atoms with Crippen molar-refractivity contribution in [3.8, 4) is 5.69 Å². The number of carbonyl (C=O) groups is 1. The Morgan fingerprint density at radius 1 is 1.12 bits per heavy atom. The molecule has 4 heterocycles. The van der Waals surface area contributed by atoms with Gasteiger partial charge in [0.25, 0.3) is 0 Å². The third-order valence-electron chi connectivity index (χ3n) is 7.05. The molecule has 2 fully saturated rings. The van der Waals surface area contributed by atoms with E-state index in [0.717, 1.165) is 52.0 Å². The number of aromatic nitrogens is 3. The van der Waals surface area contributed by atoms with Gasteiger partial charge < -0.3 is 19.1 Å². The molecule has 2 aromatic heterocycles. The molecule has 176 valence electrons. The van der Waals surface area contributed by atoms with Crippen LogP contribution in [0.5, 0.6) is 0 Å². The zero-order valence-electron chi connectivity index (χ0n) is 18.3. The fraction of sp³-hybridized carbons (Fsp3) is 0.360. The number of aliphatic carboxylic acids is 1. The molecule has 2 atom stereocenters. The number of nitrogens with one attached hydrogen (secondary N) is 1. The van der Waals surface area contributed by atoms with Crippen molar-refractivity contribution in [3.05, 3.63) is 59.4 Å². The summed E-state index contributed by atoms with van der Waals surface area (Å²) in [6, 6.07) is 7.94. The van der Waals surface area contributed by atoms with E-state index in [1.807, 2.05) is 16.7 Å². The number of fused-ring (bicyclic) bond motifs is 2. The predicted molar refractivity (Wildman–Crippen MR) is 120 cm³/mol. The Hall–Kier alpha value is -3.30. The highest BCUT2D eigenvalue weighted by Gasteiger charge is 2.37. The van der Waals surface area contributed by atoms with Crippen LogP contribution in [0.4, 0.5) is 8.78 Å². The fourth-order valence-corrected chi connectivity index (χ4v) is 5.47. The number of carboxylic acids is 1. The maximum Gasteiger partial charge on any atom is 0.332 e. The van der Waals surface area contributed by atoms with Crippen molar-refractivity contribution >= 4 is 27.8 Å². The lowest BCUT2D eigenvalue weighted by atomic mass is 9.86. The molecule has 0 radical (unpaired) electrons. The first-order valence-corrected chi connectivity index (χ1v) is 11.4. The Labute approximate surface area is 193 Å². The number of H-pyrrole nitrogens is 1. The lowest BCUT2D eigenvalue weighted by Gasteiger charge is -2.27. The Balaban J connectivity index is 1.66. The van der Waals surface area contributed by atoms with E-state index in [9.17, 15) is 18.7 Å². The second kappa shape index (κ2) is 8.18. The molecule has 2 saturated heterocycles. The fourth-order valence-electron chi connectivity index (χ4n) is 5.47. The van der Waals surface area contributed by atoms with Gasteiger partial charge in [-0.25, -0.2) is 13.6 Å². The first kappa shape index (κ1) is 21.2. The Morgan fingerprint density at radius 3 is 2.68 bits per heavy atom. The molecule has 7 nitrogen and oxygen atoms in total. The Bertz CT molecular complexity index is 1410. The molecule has 0 spiro atoms. The summed E-state index contributed by atoms with van der Waals surface area (Å²) in [5.74, 6) is -2.83. The molecule has 34 heavy (non-hydrogen) atoms. The minimum absolute atomic E-state index is 0.115. The van der Waals surface area contributed by atoms with Crippen LogP contribution in [0, 0.1) is 11.6 Å². The normalized spacial score (nSPS) is 21.6. The van der Waals surface area contributed by atoms with E-state index in [1.54, 1.807) is 12.3 Å². The van der Waals surface area contributed by atoms with E-state index < -0.39 is 23.7 Å². The van der Waals surface area contributed by atoms with Gasteiger partial charge in [0.05, 0.1) is 23.8 Å². The summed E-state index contributed by atoms with van der Waals surface area (Å²) < 4.78 is 41.5. The van der Waals surface area contributed by atoms with Gasteiger partial charge in [0.2, 0.25) is 0 Å². The molecule has 0 aliphatic carbocycles. The molecule has 4 aromatic rings. The van der Waals surface area contributed by atoms with E-state index in [2.05, 4.69) is 10.2 Å². The maximum atomic E-state index is 14.4. The largest absolute Gasteiger partial charge is 0.479 e. The summed E-state index contributed by atoms with van der Waals surface area (Å²) in [5, 5.41) is 18.5. The predicted octanol–water partition coefficient (Wildman–Crippen LogP) is 4.64. The average molecular weight is 467 g/mol. The Morgan fingerprint density at radius 2 is 1.94 bits per heavy atom. The van der Waals surface area contributed by atoms with Crippen molar-refractivity contribution < 1.29 is 28.2 Å². The summed E-state index contributed by atoms with van der Waals surface area (Å²) in [6.07, 6.45) is 2.77. The maximum absolute atomic E-state index is 14.4. The van der Waals surface area contributed by atoms with Crippen molar-refractivity contribution in [2.75, 3.05) is 19.8 Å². The molecule has 9 heteroatoms. The van der Waals surface area contributed by atoms with Crippen LogP contribution in [-0.2, 0) is 14.3 Å². The van der Waals surface area contributed by atoms with Crippen molar-refractivity contribution in [2.24, 2.45) is 0 Å². The minimum Gasteiger partial charge on any atom is -0.479 e. The molecule has 0 bridgehead atoms. The van der Waals surface area contributed by atoms with Crippen LogP contribution in [0.25, 0.3) is 27.5 Å². The van der Waals surface area contributed by atoms with Gasteiger partial charge in [-0.05, 0) is 49.1 Å². The number of benzene rings is 2. The average Bonchev–Trinajstić information content (AvgIpc) is 3.56. The van der Waals surface area contributed by atoms with Crippen LogP contribution in [0.3, 0.4) is 0 Å². The number of ether oxygens (including phenoxy) is 2. The van der Waals surface area contributed by atoms with Crippen LogP contribution in [0.15, 0.2) is 36.5 Å². The van der Waals surface area contributed by atoms with Crippen LogP contribution in [0.2, 0.25) is 0 Å². The van der Waals surface area contributed by atoms with Gasteiger partial charge in [-0.2, -0.15) is 5.10 Å². The van der Waals surface area contributed by atoms with Gasteiger partial charge in [0, 0.05) is 53.3 Å². The standard InChI is InChI=1S/C25H23F2N3O4/c26-18-2-1-16(9-19(18)27)30-21-7-14-11-28-29-20(14)10-17(21)23(15-8-22(25(31)32)34-12-15)24(30)13-3-5-33-6-4-13/h1-2,7,9-11,13,15,22H,3-6,8,12H2,(H,28,29)(H,31,32)/t15-,22+/m0/s1. The third kappa shape index (κ3) is 3.38. The number of rotatable bonds is 4. The summed E-state index contributed by atoms with van der Waals surface area (Å²) in [7, 11) is 0. The van der Waals surface area contributed by atoms with E-state index in [1.165, 1.54) is 6.07 Å². The second-order valence-corrected chi connectivity index (χ2v) is 9.04. The van der Waals surface area contributed by atoms with Crippen LogP contribution in [-0.4, -0.2) is 51.8 Å². The molecule has 0 amide bonds. The SMILES string of the molecule is O=C(O)[C@H]1C[C@H](c2c(C3CCOCC3)n(-c3ccc(F)c(F)c3)c3cc4cn[nH]c4cc23)CO1. The van der Waals surface area contributed by atoms with Gasteiger partial charge in [-0.1, -0.05) is 0 Å². The highest BCUT2D eigenvalue weighted by atomic mass is 19.2. The number of hydrogen-bond acceptors (Lipinski definition) is 4. The second-order valence-electron chi connectivity index (χ2n) is 9.04. The van der Waals surface area contributed by atoms with Gasteiger partial charge >= 0.3 is 5.97 Å². The molecule has 6 rings (SSSR count). The number of carboxylic acid groups (broad SMARTS) is 1. The lowest BCUT2D eigenvalue weighted by molar-refractivity contribution is -0.147. The Kier molecular flexibility index (Phi) is 5.11. The van der Waals surface area contributed by atoms with Gasteiger partial charge in [0.1, 0.15) is 0 Å². The highest BCUT2D eigenvalue weighted by molar-refractivity contribution is 5.99. The topological polar surface area (TPSA) is 89.4 Å². The van der Waals surface area contributed by atoms with E-state index >= 15 is 0 Å². The van der Waals surface area contributed by atoms with E-state index in [-0.39, 0.29) is 18.4 Å². The zero-order chi connectivity index (χ0) is 23.4. The first-order chi connectivity index (χ1) is 16.5. The third-order valence-corrected chi connectivity index (χ3v) is 7.05. The lowest BCUT2D eigenvalue weighted by Crippen LogP contribution is -2.20. The highest BCUT2D eigenvalue weighted by Crippen LogP contribution is 2.45. The van der Waals surface area contributed by atoms with Crippen molar-refractivity contribution in [1.29, 1.82) is 0 Å². The van der Waals surface area contributed by atoms with Crippen molar-refractivity contribution in [2.45, 2.75) is 37.2 Å². The molecule has 2 aromatic carbocycles.